The zero-order chi connectivity index (χ0) is 16.9. The molecule has 0 unspecified atom stereocenters. The molecule has 2 aromatic rings. The molecule has 0 spiro atoms. The lowest BCUT2D eigenvalue weighted by Crippen LogP contribution is -2.30. The van der Waals surface area contributed by atoms with Crippen molar-refractivity contribution in [1.82, 2.24) is 0 Å². The highest BCUT2D eigenvalue weighted by atomic mass is 16.3. The summed E-state index contributed by atoms with van der Waals surface area (Å²) in [6.07, 6.45) is 0. The molecule has 0 aliphatic heterocycles. The van der Waals surface area contributed by atoms with Gasteiger partial charge in [-0.05, 0) is 23.4 Å². The Hall–Kier alpha value is -2.30. The van der Waals surface area contributed by atoms with Crippen LogP contribution in [0.1, 0.15) is 5.56 Å². The number of rotatable bonds is 1. The van der Waals surface area contributed by atoms with Gasteiger partial charge in [-0.3, -0.25) is 0 Å². The van der Waals surface area contributed by atoms with Gasteiger partial charge in [0.1, 0.15) is 42.9 Å². The Bertz CT molecular complexity index is 678. The van der Waals surface area contributed by atoms with Crippen molar-refractivity contribution in [2.45, 2.75) is 6.92 Å². The van der Waals surface area contributed by atoms with E-state index in [4.69, 9.17) is 31.4 Å². The fraction of sp³-hybridized carbons (Fsp3) is 0.0769. The molecular formula is C13H8B4O5. The first-order chi connectivity index (χ1) is 10.1. The van der Waals surface area contributed by atoms with Crippen LogP contribution in [0.25, 0.3) is 11.1 Å². The van der Waals surface area contributed by atoms with Crippen molar-refractivity contribution in [2.24, 2.45) is 0 Å². The van der Waals surface area contributed by atoms with E-state index in [-0.39, 0.29) is 27.6 Å². The Morgan fingerprint density at radius 1 is 0.500 bits per heavy atom. The summed E-state index contributed by atoms with van der Waals surface area (Å²) in [6, 6.07) is 0. The van der Waals surface area contributed by atoms with Crippen molar-refractivity contribution in [1.29, 1.82) is 0 Å². The Balaban J connectivity index is 3.03. The van der Waals surface area contributed by atoms with E-state index >= 15 is 0 Å². The zero-order valence-corrected chi connectivity index (χ0v) is 11.5. The molecule has 9 heteroatoms. The monoisotopic (exact) mass is 288 g/mol. The lowest BCUT2D eigenvalue weighted by Gasteiger charge is -2.21. The van der Waals surface area contributed by atoms with Gasteiger partial charge in [0.2, 0.25) is 0 Å². The van der Waals surface area contributed by atoms with Gasteiger partial charge in [0.05, 0.1) is 0 Å². The molecule has 5 nitrogen and oxygen atoms in total. The molecule has 0 aliphatic rings. The van der Waals surface area contributed by atoms with Gasteiger partial charge in [-0.15, -0.1) is 0 Å². The van der Waals surface area contributed by atoms with Crippen molar-refractivity contribution in [2.75, 3.05) is 0 Å². The maximum absolute atomic E-state index is 10.1. The molecule has 2 rings (SSSR count). The fourth-order valence-corrected chi connectivity index (χ4v) is 2.20. The highest BCUT2D eigenvalue weighted by Gasteiger charge is 2.25. The van der Waals surface area contributed by atoms with Gasteiger partial charge in [0.25, 0.3) is 0 Å². The summed E-state index contributed by atoms with van der Waals surface area (Å²) >= 11 is 0. The van der Waals surface area contributed by atoms with E-state index in [0.717, 1.165) is 0 Å². The molecule has 22 heavy (non-hydrogen) atoms. The number of phenols is 5. The van der Waals surface area contributed by atoms with Gasteiger partial charge < -0.3 is 25.5 Å². The summed E-state index contributed by atoms with van der Waals surface area (Å²) in [6.45, 7) is 1.45. The average Bonchev–Trinajstić information content (AvgIpc) is 2.50. The van der Waals surface area contributed by atoms with E-state index in [9.17, 15) is 25.5 Å². The molecule has 0 amide bonds. The Morgan fingerprint density at radius 2 is 0.955 bits per heavy atom. The molecule has 0 aliphatic carbocycles. The maximum atomic E-state index is 10.1. The number of hydrogen-bond donors (Lipinski definition) is 5. The van der Waals surface area contributed by atoms with Crippen LogP contribution in [0.4, 0.5) is 0 Å². The molecule has 0 heterocycles. The number of aromatic hydroxyl groups is 5. The molecule has 2 aromatic carbocycles. The summed E-state index contributed by atoms with van der Waals surface area (Å²) < 4.78 is 0. The molecule has 0 saturated carbocycles. The summed E-state index contributed by atoms with van der Waals surface area (Å²) in [5, 5.41) is 49.5. The minimum absolute atomic E-state index is 0.0556. The van der Waals surface area contributed by atoms with Crippen LogP contribution in [-0.2, 0) is 0 Å². The van der Waals surface area contributed by atoms with Crippen molar-refractivity contribution < 1.29 is 25.5 Å². The van der Waals surface area contributed by atoms with Crippen LogP contribution in [0, 0.1) is 6.92 Å². The van der Waals surface area contributed by atoms with Gasteiger partial charge in [-0.2, -0.15) is 0 Å². The smallest absolute Gasteiger partial charge is 0.165 e. The minimum Gasteiger partial charge on any atom is -0.509 e. The molecular weight excluding hydrogens is 279 g/mol. The summed E-state index contributed by atoms with van der Waals surface area (Å²) in [5.41, 5.74) is -1.58. The molecule has 8 radical (unpaired) electrons. The van der Waals surface area contributed by atoms with Crippen LogP contribution < -0.4 is 21.9 Å². The second kappa shape index (κ2) is 5.16. The highest BCUT2D eigenvalue weighted by molar-refractivity contribution is 6.51. The molecule has 0 aromatic heterocycles. The fourth-order valence-electron chi connectivity index (χ4n) is 2.20. The molecule has 0 saturated heterocycles. The topological polar surface area (TPSA) is 101 Å². The van der Waals surface area contributed by atoms with Crippen LogP contribution in [-0.4, -0.2) is 56.9 Å². The third-order valence-corrected chi connectivity index (χ3v) is 3.53. The first kappa shape index (κ1) is 16.1. The van der Waals surface area contributed by atoms with Crippen LogP contribution in [0.3, 0.4) is 0 Å². The van der Waals surface area contributed by atoms with Crippen molar-refractivity contribution in [3.8, 4) is 39.9 Å². The Morgan fingerprint density at radius 3 is 1.50 bits per heavy atom. The predicted molar refractivity (Wildman–Crippen MR) is 86.5 cm³/mol. The van der Waals surface area contributed by atoms with Gasteiger partial charge >= 0.3 is 0 Å². The van der Waals surface area contributed by atoms with Crippen molar-refractivity contribution >= 4 is 53.2 Å². The van der Waals surface area contributed by atoms with E-state index < -0.39 is 39.7 Å². The Kier molecular flexibility index (Phi) is 3.77. The molecule has 0 bridgehead atoms. The number of hydrogen-bond acceptors (Lipinski definition) is 5. The first-order valence-electron chi connectivity index (χ1n) is 6.02. The van der Waals surface area contributed by atoms with Crippen LogP contribution >= 0.6 is 0 Å². The van der Waals surface area contributed by atoms with Crippen LogP contribution in [0.5, 0.6) is 28.7 Å². The van der Waals surface area contributed by atoms with Gasteiger partial charge in [-0.1, -0.05) is 10.9 Å². The largest absolute Gasteiger partial charge is 0.509 e. The van der Waals surface area contributed by atoms with Gasteiger partial charge in [0.15, 0.2) is 17.2 Å². The van der Waals surface area contributed by atoms with Gasteiger partial charge in [0, 0.05) is 11.1 Å². The summed E-state index contributed by atoms with van der Waals surface area (Å²) in [7, 11) is 22.4. The third kappa shape index (κ3) is 2.00. The van der Waals surface area contributed by atoms with E-state index in [1.807, 2.05) is 0 Å². The molecule has 0 atom stereocenters. The second-order valence-corrected chi connectivity index (χ2v) is 4.77. The van der Waals surface area contributed by atoms with Crippen LogP contribution in [0.2, 0.25) is 0 Å². The first-order valence-corrected chi connectivity index (χ1v) is 6.02. The highest BCUT2D eigenvalue weighted by Crippen LogP contribution is 2.43. The summed E-state index contributed by atoms with van der Waals surface area (Å²) in [4.78, 5) is 0. The SMILES string of the molecule is [B]c1c([B])c(O)c(O)c(-c2c([B])c(O)c([B])c(O)c2O)c1C. The normalized spacial score (nSPS) is 10.8. The lowest BCUT2D eigenvalue weighted by molar-refractivity contribution is 0.400. The molecule has 0 fully saturated rings. The number of phenolic OH excluding ortho intramolecular Hbond substituents is 5. The third-order valence-electron chi connectivity index (χ3n) is 3.53. The molecule has 102 valence electrons. The lowest BCUT2D eigenvalue weighted by atomic mass is 9.72. The van der Waals surface area contributed by atoms with E-state index in [2.05, 4.69) is 0 Å². The number of benzene rings is 2. The second-order valence-electron chi connectivity index (χ2n) is 4.77. The van der Waals surface area contributed by atoms with Gasteiger partial charge in [-0.25, -0.2) is 0 Å². The van der Waals surface area contributed by atoms with E-state index in [1.165, 1.54) is 6.92 Å². The zero-order valence-electron chi connectivity index (χ0n) is 11.5. The van der Waals surface area contributed by atoms with E-state index in [1.54, 1.807) is 0 Å². The van der Waals surface area contributed by atoms with Crippen molar-refractivity contribution in [3.63, 3.8) is 0 Å². The minimum atomic E-state index is -0.824. The average molecular weight is 287 g/mol. The Labute approximate surface area is 131 Å². The quantitative estimate of drug-likeness (QED) is 0.224. The standard InChI is InChI=1S/C13H8B4O5/c1-2-3(9(18)12(21)7(16)5(2)14)4-6(15)11(20)8(17)13(22)10(4)19/h18-22H,1H3. The van der Waals surface area contributed by atoms with Crippen LogP contribution in [0.15, 0.2) is 0 Å². The van der Waals surface area contributed by atoms with E-state index in [0.29, 0.717) is 0 Å². The van der Waals surface area contributed by atoms with Crippen molar-refractivity contribution in [3.05, 3.63) is 5.56 Å². The molecule has 5 N–H and O–H groups in total. The summed E-state index contributed by atoms with van der Waals surface area (Å²) in [5.74, 6) is -3.72. The maximum Gasteiger partial charge on any atom is 0.165 e. The predicted octanol–water partition coefficient (Wildman–Crippen LogP) is -2.63.